The smallest absolute Gasteiger partial charge is 0.156 e. The molecule has 0 saturated heterocycles. The third-order valence-corrected chi connectivity index (χ3v) is 6.01. The van der Waals surface area contributed by atoms with Crippen molar-refractivity contribution < 1.29 is 8.42 Å². The van der Waals surface area contributed by atoms with Gasteiger partial charge in [-0.3, -0.25) is 0 Å². The van der Waals surface area contributed by atoms with Crippen molar-refractivity contribution in [2.24, 2.45) is 11.7 Å². The molecule has 0 bridgehead atoms. The van der Waals surface area contributed by atoms with E-state index in [1.54, 1.807) is 20.8 Å². The average Bonchev–Trinajstić information content (AvgIpc) is 2.72. The number of nitrogens with zero attached hydrogens (tertiary/aromatic N) is 1. The molecule has 0 fully saturated rings. The molecule has 0 aliphatic rings. The van der Waals surface area contributed by atoms with Gasteiger partial charge in [0.15, 0.2) is 9.84 Å². The van der Waals surface area contributed by atoms with Crippen molar-refractivity contribution in [1.29, 1.82) is 0 Å². The molecule has 1 aromatic rings. The molecule has 2 N–H and O–H groups in total. The summed E-state index contributed by atoms with van der Waals surface area (Å²) in [6.07, 6.45) is 3.85. The Morgan fingerprint density at radius 1 is 1.32 bits per heavy atom. The second-order valence-electron chi connectivity index (χ2n) is 6.38. The minimum absolute atomic E-state index is 0.000438. The third-order valence-electron chi connectivity index (χ3n) is 3.43. The van der Waals surface area contributed by atoms with Crippen molar-refractivity contribution in [3.8, 4) is 0 Å². The summed E-state index contributed by atoms with van der Waals surface area (Å²) in [5, 5.41) is 0. The number of aromatic nitrogens is 1. The van der Waals surface area contributed by atoms with Gasteiger partial charge in [-0.15, -0.1) is 0 Å². The predicted octanol–water partition coefficient (Wildman–Crippen LogP) is 2.36. The second kappa shape index (κ2) is 5.67. The van der Waals surface area contributed by atoms with Crippen LogP contribution in [-0.4, -0.2) is 23.5 Å². The second-order valence-corrected chi connectivity index (χ2v) is 9.25. The molecule has 1 heterocycles. The third kappa shape index (κ3) is 4.08. The summed E-state index contributed by atoms with van der Waals surface area (Å²) in [5.41, 5.74) is 7.13. The van der Waals surface area contributed by atoms with Crippen molar-refractivity contribution >= 4 is 9.84 Å². The van der Waals surface area contributed by atoms with Crippen LogP contribution in [-0.2, 0) is 16.4 Å². The van der Waals surface area contributed by atoms with Crippen LogP contribution in [0.4, 0.5) is 0 Å². The zero-order chi connectivity index (χ0) is 14.8. The Hall–Kier alpha value is -0.810. The zero-order valence-corrected chi connectivity index (χ0v) is 13.4. The first kappa shape index (κ1) is 16.2. The van der Waals surface area contributed by atoms with Crippen molar-refractivity contribution in [1.82, 2.24) is 4.57 Å². The van der Waals surface area contributed by atoms with Crippen molar-refractivity contribution in [2.75, 3.05) is 5.75 Å². The Labute approximate surface area is 116 Å². The summed E-state index contributed by atoms with van der Waals surface area (Å²) >= 11 is 0. The van der Waals surface area contributed by atoms with Gasteiger partial charge in [0.2, 0.25) is 0 Å². The Morgan fingerprint density at radius 3 is 2.37 bits per heavy atom. The Morgan fingerprint density at radius 2 is 1.89 bits per heavy atom. The zero-order valence-electron chi connectivity index (χ0n) is 12.6. The van der Waals surface area contributed by atoms with Gasteiger partial charge in [-0.2, -0.15) is 0 Å². The minimum atomic E-state index is -3.08. The van der Waals surface area contributed by atoms with Gasteiger partial charge in [0, 0.05) is 25.0 Å². The SMILES string of the molecule is CC(C)C(N)c1ccn(CCS(=O)(=O)C(C)(C)C)c1. The molecule has 1 rings (SSSR count). The van der Waals surface area contributed by atoms with E-state index in [-0.39, 0.29) is 11.8 Å². The quantitative estimate of drug-likeness (QED) is 0.903. The number of nitrogens with two attached hydrogens (primary N) is 1. The summed E-state index contributed by atoms with van der Waals surface area (Å²) in [4.78, 5) is 0. The lowest BCUT2D eigenvalue weighted by Crippen LogP contribution is -2.31. The van der Waals surface area contributed by atoms with E-state index in [0.29, 0.717) is 12.5 Å². The van der Waals surface area contributed by atoms with E-state index in [0.717, 1.165) is 5.56 Å². The molecule has 19 heavy (non-hydrogen) atoms. The molecule has 0 spiro atoms. The summed E-state index contributed by atoms with van der Waals surface area (Å²) in [6, 6.07) is 1.97. The molecule has 5 heteroatoms. The molecule has 0 saturated carbocycles. The molecule has 0 radical (unpaired) electrons. The fraction of sp³-hybridized carbons (Fsp3) is 0.714. The Kier molecular flexibility index (Phi) is 4.85. The number of rotatable bonds is 5. The van der Waals surface area contributed by atoms with Gasteiger partial charge in [-0.05, 0) is 38.3 Å². The molecule has 1 aromatic heterocycles. The van der Waals surface area contributed by atoms with Gasteiger partial charge in [-0.25, -0.2) is 8.42 Å². The Bertz CT molecular complexity index is 510. The average molecular weight is 286 g/mol. The van der Waals surface area contributed by atoms with E-state index in [4.69, 9.17) is 5.73 Å². The minimum Gasteiger partial charge on any atom is -0.353 e. The highest BCUT2D eigenvalue weighted by atomic mass is 32.2. The first-order valence-electron chi connectivity index (χ1n) is 6.68. The number of aryl methyl sites for hydroxylation is 1. The lowest BCUT2D eigenvalue weighted by molar-refractivity contribution is 0.513. The maximum absolute atomic E-state index is 12.0. The lowest BCUT2D eigenvalue weighted by atomic mass is 10.00. The highest BCUT2D eigenvalue weighted by molar-refractivity contribution is 7.92. The van der Waals surface area contributed by atoms with E-state index in [1.807, 2.05) is 23.0 Å². The van der Waals surface area contributed by atoms with Gasteiger partial charge in [0.1, 0.15) is 0 Å². The molecule has 4 nitrogen and oxygen atoms in total. The van der Waals surface area contributed by atoms with Crippen LogP contribution >= 0.6 is 0 Å². The van der Waals surface area contributed by atoms with Crippen molar-refractivity contribution in [2.45, 2.75) is 52.0 Å². The standard InChI is InChI=1S/C14H26N2O2S/c1-11(2)13(15)12-6-7-16(10-12)8-9-19(17,18)14(3,4)5/h6-7,10-11,13H,8-9,15H2,1-5H3. The van der Waals surface area contributed by atoms with E-state index in [1.165, 1.54) is 0 Å². The highest BCUT2D eigenvalue weighted by Gasteiger charge is 2.28. The van der Waals surface area contributed by atoms with Gasteiger partial charge in [0.05, 0.1) is 10.5 Å². The lowest BCUT2D eigenvalue weighted by Gasteiger charge is -2.19. The van der Waals surface area contributed by atoms with Crippen LogP contribution in [0, 0.1) is 5.92 Å². The summed E-state index contributed by atoms with van der Waals surface area (Å²) < 4.78 is 25.3. The molecule has 0 aliphatic heterocycles. The van der Waals surface area contributed by atoms with E-state index in [9.17, 15) is 8.42 Å². The van der Waals surface area contributed by atoms with Gasteiger partial charge >= 0.3 is 0 Å². The molecular weight excluding hydrogens is 260 g/mol. The van der Waals surface area contributed by atoms with Crippen LogP contribution in [0.5, 0.6) is 0 Å². The first-order chi connectivity index (χ1) is 8.54. The van der Waals surface area contributed by atoms with E-state index < -0.39 is 14.6 Å². The molecule has 0 aromatic carbocycles. The largest absolute Gasteiger partial charge is 0.353 e. The highest BCUT2D eigenvalue weighted by Crippen LogP contribution is 2.20. The summed E-state index contributed by atoms with van der Waals surface area (Å²) in [6.45, 7) is 9.83. The molecule has 0 aliphatic carbocycles. The molecule has 110 valence electrons. The number of sulfone groups is 1. The molecule has 1 unspecified atom stereocenters. The maximum atomic E-state index is 12.0. The van der Waals surface area contributed by atoms with Crippen LogP contribution < -0.4 is 5.73 Å². The fourth-order valence-electron chi connectivity index (χ4n) is 1.71. The van der Waals surface area contributed by atoms with Crippen molar-refractivity contribution in [3.63, 3.8) is 0 Å². The van der Waals surface area contributed by atoms with Crippen LogP contribution in [0.1, 0.15) is 46.2 Å². The van der Waals surface area contributed by atoms with Crippen molar-refractivity contribution in [3.05, 3.63) is 24.0 Å². The van der Waals surface area contributed by atoms with Gasteiger partial charge in [0.25, 0.3) is 0 Å². The van der Waals surface area contributed by atoms with E-state index in [2.05, 4.69) is 13.8 Å². The van der Waals surface area contributed by atoms with Crippen LogP contribution in [0.25, 0.3) is 0 Å². The molecule has 1 atom stereocenters. The summed E-state index contributed by atoms with van der Waals surface area (Å²) in [7, 11) is -3.08. The Balaban J connectivity index is 2.71. The normalized spacial score (nSPS) is 14.9. The topological polar surface area (TPSA) is 65.1 Å². The number of hydrogen-bond donors (Lipinski definition) is 1. The summed E-state index contributed by atoms with van der Waals surface area (Å²) in [5.74, 6) is 0.524. The van der Waals surface area contributed by atoms with Crippen LogP contribution in [0.2, 0.25) is 0 Å². The van der Waals surface area contributed by atoms with Crippen LogP contribution in [0.15, 0.2) is 18.5 Å². The molecular formula is C14H26N2O2S. The predicted molar refractivity (Wildman–Crippen MR) is 79.7 cm³/mol. The van der Waals surface area contributed by atoms with Gasteiger partial charge in [-0.1, -0.05) is 13.8 Å². The first-order valence-corrected chi connectivity index (χ1v) is 8.33. The monoisotopic (exact) mass is 286 g/mol. The maximum Gasteiger partial charge on any atom is 0.156 e. The van der Waals surface area contributed by atoms with E-state index >= 15 is 0 Å². The molecule has 0 amide bonds. The van der Waals surface area contributed by atoms with Crippen LogP contribution in [0.3, 0.4) is 0 Å². The van der Waals surface area contributed by atoms with Gasteiger partial charge < -0.3 is 10.3 Å². The number of hydrogen-bond acceptors (Lipinski definition) is 3. The fourth-order valence-corrected chi connectivity index (χ4v) is 2.78.